The lowest BCUT2D eigenvalue weighted by Gasteiger charge is -2.23. The molecule has 0 aliphatic rings. The summed E-state index contributed by atoms with van der Waals surface area (Å²) in [5.41, 5.74) is 5.07. The Morgan fingerprint density at radius 2 is 1.77 bits per heavy atom. The summed E-state index contributed by atoms with van der Waals surface area (Å²) in [6.45, 7) is -0.749. The van der Waals surface area contributed by atoms with Gasteiger partial charge in [0.1, 0.15) is 24.4 Å². The molecule has 78 valence electrons. The quantitative estimate of drug-likeness (QED) is 0.313. The smallest absolute Gasteiger partial charge is 0.241 e. The zero-order chi connectivity index (χ0) is 10.6. The number of carbonyl (C=O) groups excluding carboxylic acids is 1. The zero-order valence-corrected chi connectivity index (χ0v) is 7.42. The van der Waals surface area contributed by atoms with E-state index in [1.54, 1.807) is 0 Å². The third kappa shape index (κ3) is 3.55. The van der Waals surface area contributed by atoms with E-state index in [0.29, 0.717) is 0 Å². The van der Waals surface area contributed by atoms with Gasteiger partial charge in [0.25, 0.3) is 0 Å². The molecule has 0 amide bonds. The lowest BCUT2D eigenvalue weighted by atomic mass is 10.0. The molecule has 6 nitrogen and oxygen atoms in total. The summed E-state index contributed by atoms with van der Waals surface area (Å²) in [6, 6.07) is -1.49. The van der Waals surface area contributed by atoms with Gasteiger partial charge < -0.3 is 26.2 Å². The Kier molecular flexibility index (Phi) is 5.38. The van der Waals surface area contributed by atoms with Gasteiger partial charge >= 0.3 is 0 Å². The Morgan fingerprint density at radius 3 is 2.08 bits per heavy atom. The minimum atomic E-state index is -1.71. The number of aliphatic hydroxyl groups is 4. The van der Waals surface area contributed by atoms with Crippen LogP contribution in [0.3, 0.4) is 0 Å². The highest BCUT2D eigenvalue weighted by Gasteiger charge is 2.32. The number of nitrogens with two attached hydrogens (primary N) is 1. The fourth-order valence-electron chi connectivity index (χ4n) is 0.682. The SMILES string of the molecule is N[C@@H](C(=O)Cl)[C@@H](O)[C@H](O)[C@H](O)CO. The Bertz CT molecular complexity index is 178. The molecule has 0 aromatic carbocycles. The summed E-state index contributed by atoms with van der Waals surface area (Å²) in [5.74, 6) is 0. The number of rotatable bonds is 5. The first-order valence-corrected chi connectivity index (χ1v) is 3.89. The van der Waals surface area contributed by atoms with Crippen molar-refractivity contribution in [1.82, 2.24) is 0 Å². The number of hydrogen-bond donors (Lipinski definition) is 5. The highest BCUT2D eigenvalue weighted by atomic mass is 35.5. The van der Waals surface area contributed by atoms with Crippen molar-refractivity contribution in [3.05, 3.63) is 0 Å². The summed E-state index contributed by atoms with van der Waals surface area (Å²) in [5, 5.41) is 34.4. The van der Waals surface area contributed by atoms with Crippen LogP contribution in [0.4, 0.5) is 0 Å². The van der Waals surface area contributed by atoms with Gasteiger partial charge in [-0.1, -0.05) is 0 Å². The average molecular weight is 214 g/mol. The monoisotopic (exact) mass is 213 g/mol. The van der Waals surface area contributed by atoms with Gasteiger partial charge in [-0.3, -0.25) is 4.79 Å². The van der Waals surface area contributed by atoms with Gasteiger partial charge in [-0.25, -0.2) is 0 Å². The summed E-state index contributed by atoms with van der Waals surface area (Å²) >= 11 is 4.94. The van der Waals surface area contributed by atoms with Crippen molar-refractivity contribution in [2.45, 2.75) is 24.4 Å². The third-order valence-electron chi connectivity index (χ3n) is 1.56. The van der Waals surface area contributed by atoms with E-state index in [1.807, 2.05) is 0 Å². The second kappa shape index (κ2) is 5.48. The van der Waals surface area contributed by atoms with E-state index in [0.717, 1.165) is 0 Å². The van der Waals surface area contributed by atoms with E-state index in [2.05, 4.69) is 0 Å². The highest BCUT2D eigenvalue weighted by molar-refractivity contribution is 6.64. The Balaban J connectivity index is 4.24. The van der Waals surface area contributed by atoms with Crippen LogP contribution in [0.1, 0.15) is 0 Å². The highest BCUT2D eigenvalue weighted by Crippen LogP contribution is 2.05. The second-order valence-corrected chi connectivity index (χ2v) is 2.93. The average Bonchev–Trinajstić information content (AvgIpc) is 2.12. The van der Waals surface area contributed by atoms with Crippen molar-refractivity contribution in [3.8, 4) is 0 Å². The van der Waals surface area contributed by atoms with Gasteiger partial charge in [-0.15, -0.1) is 0 Å². The van der Waals surface area contributed by atoms with Crippen molar-refractivity contribution in [2.75, 3.05) is 6.61 Å². The maximum absolute atomic E-state index is 10.4. The minimum absolute atomic E-state index is 0.749. The molecule has 0 heterocycles. The first-order valence-electron chi connectivity index (χ1n) is 3.51. The van der Waals surface area contributed by atoms with Crippen molar-refractivity contribution in [1.29, 1.82) is 0 Å². The molecule has 0 radical (unpaired) electrons. The van der Waals surface area contributed by atoms with Crippen LogP contribution < -0.4 is 5.73 Å². The van der Waals surface area contributed by atoms with Crippen LogP contribution in [0.25, 0.3) is 0 Å². The normalized spacial score (nSPS) is 20.5. The van der Waals surface area contributed by atoms with Crippen molar-refractivity contribution < 1.29 is 25.2 Å². The maximum Gasteiger partial charge on any atom is 0.241 e. The lowest BCUT2D eigenvalue weighted by molar-refractivity contribution is -0.122. The van der Waals surface area contributed by atoms with E-state index in [4.69, 9.17) is 37.8 Å². The molecule has 7 heteroatoms. The van der Waals surface area contributed by atoms with Crippen LogP contribution in [0, 0.1) is 0 Å². The van der Waals surface area contributed by atoms with Crippen molar-refractivity contribution in [3.63, 3.8) is 0 Å². The van der Waals surface area contributed by atoms with Crippen molar-refractivity contribution in [2.24, 2.45) is 5.73 Å². The largest absolute Gasteiger partial charge is 0.394 e. The molecule has 0 saturated heterocycles. The predicted molar refractivity (Wildman–Crippen MR) is 43.9 cm³/mol. The molecule has 0 aliphatic carbocycles. The van der Waals surface area contributed by atoms with Crippen LogP contribution >= 0.6 is 11.6 Å². The van der Waals surface area contributed by atoms with Crippen LogP contribution in [-0.4, -0.2) is 56.6 Å². The van der Waals surface area contributed by atoms with E-state index < -0.39 is 36.2 Å². The topological polar surface area (TPSA) is 124 Å². The fraction of sp³-hybridized carbons (Fsp3) is 0.833. The molecule has 6 N–H and O–H groups in total. The van der Waals surface area contributed by atoms with Gasteiger partial charge in [0.05, 0.1) is 6.61 Å². The van der Waals surface area contributed by atoms with E-state index in [9.17, 15) is 4.79 Å². The summed E-state index contributed by atoms with van der Waals surface area (Å²) < 4.78 is 0. The number of aliphatic hydroxyl groups excluding tert-OH is 4. The van der Waals surface area contributed by atoms with Crippen LogP contribution in [0.15, 0.2) is 0 Å². The van der Waals surface area contributed by atoms with Gasteiger partial charge in [0.15, 0.2) is 0 Å². The van der Waals surface area contributed by atoms with E-state index >= 15 is 0 Å². The molecule has 0 bridgehead atoms. The first-order chi connectivity index (χ1) is 5.91. The number of halogens is 1. The Morgan fingerprint density at radius 1 is 1.31 bits per heavy atom. The second-order valence-electron chi connectivity index (χ2n) is 2.56. The van der Waals surface area contributed by atoms with E-state index in [1.165, 1.54) is 0 Å². The van der Waals surface area contributed by atoms with Crippen LogP contribution in [-0.2, 0) is 4.79 Å². The van der Waals surface area contributed by atoms with Gasteiger partial charge in [-0.2, -0.15) is 0 Å². The molecule has 0 rings (SSSR count). The summed E-state index contributed by atoms with van der Waals surface area (Å²) in [4.78, 5) is 10.4. The van der Waals surface area contributed by atoms with Gasteiger partial charge in [0.2, 0.25) is 5.24 Å². The predicted octanol–water partition coefficient (Wildman–Crippen LogP) is -2.85. The molecule has 4 atom stereocenters. The molecule has 0 aromatic rings. The van der Waals surface area contributed by atoms with Gasteiger partial charge in [-0.05, 0) is 11.6 Å². The molecular weight excluding hydrogens is 202 g/mol. The zero-order valence-electron chi connectivity index (χ0n) is 6.67. The van der Waals surface area contributed by atoms with E-state index in [-0.39, 0.29) is 0 Å². The fourth-order valence-corrected chi connectivity index (χ4v) is 0.811. The molecule has 0 saturated carbocycles. The molecule has 0 spiro atoms. The summed E-state index contributed by atoms with van der Waals surface area (Å²) in [7, 11) is 0. The number of carbonyl (C=O) groups is 1. The van der Waals surface area contributed by atoms with Gasteiger partial charge in [0, 0.05) is 0 Å². The lowest BCUT2D eigenvalue weighted by Crippen LogP contribution is -2.51. The third-order valence-corrected chi connectivity index (χ3v) is 1.81. The first kappa shape index (κ1) is 12.8. The molecule has 0 aromatic heterocycles. The van der Waals surface area contributed by atoms with Crippen LogP contribution in [0.2, 0.25) is 0 Å². The van der Waals surface area contributed by atoms with Crippen LogP contribution in [0.5, 0.6) is 0 Å². The molecule has 0 unspecified atom stereocenters. The Hall–Kier alpha value is -0.240. The van der Waals surface area contributed by atoms with Crippen molar-refractivity contribution >= 4 is 16.8 Å². The molecule has 0 aliphatic heterocycles. The molecule has 0 fully saturated rings. The minimum Gasteiger partial charge on any atom is -0.394 e. The standard InChI is InChI=1S/C6H12ClNO5/c7-6(13)3(8)5(12)4(11)2(10)1-9/h2-5,9-12H,1,8H2/t2-,3-,4-,5-/m1/s1. The molecular formula is C6H12ClNO5. The molecule has 13 heavy (non-hydrogen) atoms. The number of hydrogen-bond acceptors (Lipinski definition) is 6. The Labute approximate surface area is 79.5 Å². The maximum atomic E-state index is 10.4. The summed E-state index contributed by atoms with van der Waals surface area (Å²) in [6.07, 6.45) is -4.97.